The largest absolute Gasteiger partial charge is 0.492 e. The van der Waals surface area contributed by atoms with Crippen LogP contribution in [0.25, 0.3) is 0 Å². The van der Waals surface area contributed by atoms with Crippen LogP contribution in [0.4, 0.5) is 14.5 Å². The zero-order chi connectivity index (χ0) is 13.7. The molecule has 0 atom stereocenters. The minimum Gasteiger partial charge on any atom is -0.492 e. The van der Waals surface area contributed by atoms with Gasteiger partial charge in [0.15, 0.2) is 0 Å². The average molecular weight is 284 g/mol. The van der Waals surface area contributed by atoms with Crippen molar-refractivity contribution in [1.29, 1.82) is 0 Å². The molecule has 0 bridgehead atoms. The molecule has 0 heterocycles. The lowest BCUT2D eigenvalue weighted by molar-refractivity contribution is 0.332. The molecule has 0 aliphatic carbocycles. The summed E-state index contributed by atoms with van der Waals surface area (Å²) in [6.45, 7) is 0.931. The number of rotatable bonds is 5. The van der Waals surface area contributed by atoms with Crippen LogP contribution < -0.4 is 10.1 Å². The molecular formula is C14H12ClF2NO. The molecule has 0 saturated heterocycles. The van der Waals surface area contributed by atoms with Crippen LogP contribution >= 0.6 is 11.6 Å². The number of nitrogens with one attached hydrogen (secondary N) is 1. The van der Waals surface area contributed by atoms with E-state index in [1.807, 2.05) is 0 Å². The third-order valence-electron chi connectivity index (χ3n) is 2.44. The number of hydrogen-bond donors (Lipinski definition) is 1. The van der Waals surface area contributed by atoms with Gasteiger partial charge in [-0.15, -0.1) is 0 Å². The maximum Gasteiger partial charge on any atom is 0.142 e. The summed E-state index contributed by atoms with van der Waals surface area (Å²) in [5, 5.41) is 3.10. The third kappa shape index (κ3) is 4.10. The van der Waals surface area contributed by atoms with E-state index in [1.165, 1.54) is 30.3 Å². The summed E-state index contributed by atoms with van der Waals surface area (Å²) >= 11 is 5.63. The van der Waals surface area contributed by atoms with Crippen LogP contribution in [-0.4, -0.2) is 13.2 Å². The Morgan fingerprint density at radius 2 is 1.79 bits per heavy atom. The van der Waals surface area contributed by atoms with Gasteiger partial charge in [0, 0.05) is 18.3 Å². The number of halogens is 3. The van der Waals surface area contributed by atoms with E-state index >= 15 is 0 Å². The Labute approximate surface area is 115 Å². The quantitative estimate of drug-likeness (QED) is 0.834. The second-order valence-electron chi connectivity index (χ2n) is 3.86. The Hall–Kier alpha value is -1.81. The molecule has 2 nitrogen and oxygen atoms in total. The molecule has 2 aromatic carbocycles. The number of benzene rings is 2. The van der Waals surface area contributed by atoms with Crippen molar-refractivity contribution in [2.75, 3.05) is 18.5 Å². The second kappa shape index (κ2) is 6.38. The van der Waals surface area contributed by atoms with Crippen molar-refractivity contribution < 1.29 is 13.5 Å². The van der Waals surface area contributed by atoms with E-state index in [-0.39, 0.29) is 10.8 Å². The highest BCUT2D eigenvalue weighted by Gasteiger charge is 2.01. The third-order valence-corrected chi connectivity index (χ3v) is 2.72. The molecule has 100 valence electrons. The number of anilines is 1. The van der Waals surface area contributed by atoms with Crippen molar-refractivity contribution in [1.82, 2.24) is 0 Å². The molecule has 0 spiro atoms. The van der Waals surface area contributed by atoms with E-state index in [2.05, 4.69) is 5.32 Å². The minimum atomic E-state index is -0.474. The Morgan fingerprint density at radius 3 is 2.47 bits per heavy atom. The number of hydrogen-bond acceptors (Lipinski definition) is 2. The molecule has 0 aliphatic rings. The molecule has 2 aromatic rings. The Balaban J connectivity index is 1.77. The molecular weight excluding hydrogens is 272 g/mol. The van der Waals surface area contributed by atoms with Gasteiger partial charge in [0.1, 0.15) is 24.0 Å². The average Bonchev–Trinajstić information content (AvgIpc) is 2.41. The van der Waals surface area contributed by atoms with Gasteiger partial charge < -0.3 is 10.1 Å². The molecule has 0 fully saturated rings. The topological polar surface area (TPSA) is 21.3 Å². The number of ether oxygens (including phenoxy) is 1. The van der Waals surface area contributed by atoms with E-state index in [4.69, 9.17) is 16.3 Å². The first-order valence-electron chi connectivity index (χ1n) is 5.72. The Kier molecular flexibility index (Phi) is 4.58. The van der Waals surface area contributed by atoms with Gasteiger partial charge >= 0.3 is 0 Å². The summed E-state index contributed by atoms with van der Waals surface area (Å²) < 4.78 is 31.0. The maximum atomic E-state index is 12.9. The van der Waals surface area contributed by atoms with Gasteiger partial charge in [-0.2, -0.15) is 0 Å². The first kappa shape index (κ1) is 13.6. The molecule has 0 aromatic heterocycles. The van der Waals surface area contributed by atoms with Crippen molar-refractivity contribution in [3.63, 3.8) is 0 Å². The highest BCUT2D eigenvalue weighted by Crippen LogP contribution is 2.20. The lowest BCUT2D eigenvalue weighted by atomic mass is 10.3. The van der Waals surface area contributed by atoms with Crippen LogP contribution in [0.5, 0.6) is 5.75 Å². The molecule has 1 N–H and O–H groups in total. The summed E-state index contributed by atoms with van der Waals surface area (Å²) in [5.41, 5.74) is 0.808. The first-order chi connectivity index (χ1) is 9.15. The fourth-order valence-electron chi connectivity index (χ4n) is 1.50. The van der Waals surface area contributed by atoms with Crippen LogP contribution in [0.3, 0.4) is 0 Å². The lowest BCUT2D eigenvalue weighted by Crippen LogP contribution is -2.11. The van der Waals surface area contributed by atoms with Crippen molar-refractivity contribution in [3.05, 3.63) is 59.1 Å². The van der Waals surface area contributed by atoms with E-state index in [0.717, 1.165) is 5.69 Å². The summed E-state index contributed by atoms with van der Waals surface area (Å²) in [5.74, 6) is -0.242. The molecule has 0 radical (unpaired) electrons. The lowest BCUT2D eigenvalue weighted by Gasteiger charge is -2.09. The van der Waals surface area contributed by atoms with Crippen LogP contribution in [0.2, 0.25) is 5.02 Å². The molecule has 19 heavy (non-hydrogen) atoms. The minimum absolute atomic E-state index is 0.0315. The van der Waals surface area contributed by atoms with Crippen molar-refractivity contribution in [2.24, 2.45) is 0 Å². The predicted molar refractivity (Wildman–Crippen MR) is 71.8 cm³/mol. The highest BCUT2D eigenvalue weighted by molar-refractivity contribution is 6.30. The highest BCUT2D eigenvalue weighted by atomic mass is 35.5. The van der Waals surface area contributed by atoms with Crippen molar-refractivity contribution in [2.45, 2.75) is 0 Å². The van der Waals surface area contributed by atoms with Gasteiger partial charge in [-0.05, 0) is 36.4 Å². The van der Waals surface area contributed by atoms with Crippen LogP contribution in [-0.2, 0) is 0 Å². The normalized spacial score (nSPS) is 10.3. The molecule has 0 saturated carbocycles. The molecule has 5 heteroatoms. The van der Waals surface area contributed by atoms with Crippen molar-refractivity contribution in [3.8, 4) is 5.75 Å². The molecule has 2 rings (SSSR count). The molecule has 0 amide bonds. The van der Waals surface area contributed by atoms with Crippen molar-refractivity contribution >= 4 is 17.3 Å². The summed E-state index contributed by atoms with van der Waals surface area (Å²) in [4.78, 5) is 0. The fraction of sp³-hybridized carbons (Fsp3) is 0.143. The molecule has 0 aliphatic heterocycles. The van der Waals surface area contributed by atoms with Gasteiger partial charge in [-0.1, -0.05) is 11.6 Å². The smallest absolute Gasteiger partial charge is 0.142 e. The van der Waals surface area contributed by atoms with E-state index < -0.39 is 5.82 Å². The maximum absolute atomic E-state index is 12.9. The van der Waals surface area contributed by atoms with Crippen LogP contribution in [0.1, 0.15) is 0 Å². The summed E-state index contributed by atoms with van der Waals surface area (Å²) in [6, 6.07) is 10.2. The monoisotopic (exact) mass is 283 g/mol. The second-order valence-corrected chi connectivity index (χ2v) is 4.27. The summed E-state index contributed by atoms with van der Waals surface area (Å²) in [7, 11) is 0. The predicted octanol–water partition coefficient (Wildman–Crippen LogP) is 4.11. The van der Waals surface area contributed by atoms with Crippen LogP contribution in [0, 0.1) is 11.6 Å². The standard InChI is InChI=1S/C14H12ClF2NO/c15-13-9-12(5-6-14(13)17)19-8-7-18-11-3-1-10(16)2-4-11/h1-6,9,18H,7-8H2. The van der Waals surface area contributed by atoms with Gasteiger partial charge in [0.05, 0.1) is 5.02 Å². The molecule has 0 unspecified atom stereocenters. The van der Waals surface area contributed by atoms with Gasteiger partial charge in [-0.3, -0.25) is 0 Å². The van der Waals surface area contributed by atoms with Gasteiger partial charge in [0.2, 0.25) is 0 Å². The zero-order valence-electron chi connectivity index (χ0n) is 10.00. The SMILES string of the molecule is Fc1ccc(NCCOc2ccc(F)c(Cl)c2)cc1. The van der Waals surface area contributed by atoms with E-state index in [9.17, 15) is 8.78 Å². The fourth-order valence-corrected chi connectivity index (χ4v) is 1.67. The van der Waals surface area contributed by atoms with E-state index in [0.29, 0.717) is 18.9 Å². The first-order valence-corrected chi connectivity index (χ1v) is 6.10. The van der Waals surface area contributed by atoms with E-state index in [1.54, 1.807) is 12.1 Å². The Bertz CT molecular complexity index is 546. The summed E-state index contributed by atoms with van der Waals surface area (Å²) in [6.07, 6.45) is 0. The van der Waals surface area contributed by atoms with Gasteiger partial charge in [-0.25, -0.2) is 8.78 Å². The van der Waals surface area contributed by atoms with Gasteiger partial charge in [0.25, 0.3) is 0 Å². The van der Waals surface area contributed by atoms with Crippen LogP contribution in [0.15, 0.2) is 42.5 Å². The Morgan fingerprint density at radius 1 is 1.05 bits per heavy atom. The zero-order valence-corrected chi connectivity index (χ0v) is 10.8.